The van der Waals surface area contributed by atoms with Crippen molar-refractivity contribution in [1.82, 2.24) is 9.99 Å². The van der Waals surface area contributed by atoms with Crippen molar-refractivity contribution in [2.24, 2.45) is 0 Å². The normalized spacial score (nSPS) is 11.7. The first-order valence-electron chi connectivity index (χ1n) is 9.43. The van der Waals surface area contributed by atoms with Gasteiger partial charge in [0.2, 0.25) is 0 Å². The molecule has 30 heavy (non-hydrogen) atoms. The Morgan fingerprint density at radius 3 is 2.00 bits per heavy atom. The fraction of sp³-hybridized carbons (Fsp3) is 0.600. The van der Waals surface area contributed by atoms with E-state index in [9.17, 15) is 14.4 Å². The quantitative estimate of drug-likeness (QED) is 0.290. The number of halogens is 1. The van der Waals surface area contributed by atoms with Crippen molar-refractivity contribution < 1.29 is 28.6 Å². The van der Waals surface area contributed by atoms with Gasteiger partial charge in [0, 0.05) is 0 Å². The Morgan fingerprint density at radius 1 is 1.00 bits per heavy atom. The summed E-state index contributed by atoms with van der Waals surface area (Å²) < 4.78 is 15.7. The average molecular weight is 444 g/mol. The van der Waals surface area contributed by atoms with Gasteiger partial charge in [-0.15, -0.1) is 0 Å². The zero-order valence-corrected chi connectivity index (χ0v) is 19.4. The van der Waals surface area contributed by atoms with Gasteiger partial charge in [-0.1, -0.05) is 11.6 Å². The molecule has 0 fully saturated rings. The van der Waals surface area contributed by atoms with Crippen molar-refractivity contribution in [3.63, 3.8) is 0 Å². The number of aromatic nitrogens is 1. The highest BCUT2D eigenvalue weighted by molar-refractivity contribution is 6.29. The van der Waals surface area contributed by atoms with E-state index < -0.39 is 42.0 Å². The van der Waals surface area contributed by atoms with Crippen LogP contribution in [-0.4, -0.2) is 52.0 Å². The lowest BCUT2D eigenvalue weighted by Gasteiger charge is -2.37. The molecule has 0 spiro atoms. The van der Waals surface area contributed by atoms with Crippen molar-refractivity contribution in [2.75, 3.05) is 11.6 Å². The number of amides is 2. The summed E-state index contributed by atoms with van der Waals surface area (Å²) in [7, 11) is 0. The summed E-state index contributed by atoms with van der Waals surface area (Å²) in [6, 6.07) is 2.45. The van der Waals surface area contributed by atoms with Crippen LogP contribution >= 0.6 is 11.6 Å². The molecule has 0 unspecified atom stereocenters. The Morgan fingerprint density at radius 2 is 1.57 bits per heavy atom. The number of hydrogen-bond acceptors (Lipinski definition) is 7. The third-order valence-corrected chi connectivity index (χ3v) is 3.37. The summed E-state index contributed by atoms with van der Waals surface area (Å²) in [6.45, 7) is 12.9. The van der Waals surface area contributed by atoms with Crippen LogP contribution in [0.25, 0.3) is 0 Å². The van der Waals surface area contributed by atoms with Crippen LogP contribution in [0.4, 0.5) is 15.3 Å². The molecule has 9 nitrogen and oxygen atoms in total. The summed E-state index contributed by atoms with van der Waals surface area (Å²) in [4.78, 5) is 41.6. The summed E-state index contributed by atoms with van der Waals surface area (Å²) in [5, 5.41) is 2.24. The van der Waals surface area contributed by atoms with Crippen molar-refractivity contribution >= 4 is 35.4 Å². The second-order valence-corrected chi connectivity index (χ2v) is 9.10. The van der Waals surface area contributed by atoms with E-state index in [-0.39, 0.29) is 10.8 Å². The van der Waals surface area contributed by atoms with Crippen LogP contribution in [0.2, 0.25) is 5.15 Å². The highest BCUT2D eigenvalue weighted by Crippen LogP contribution is 2.23. The fourth-order valence-electron chi connectivity index (χ4n) is 2.20. The number of rotatable bonds is 4. The van der Waals surface area contributed by atoms with Gasteiger partial charge in [-0.25, -0.2) is 24.4 Å². The van der Waals surface area contributed by atoms with Crippen molar-refractivity contribution in [1.29, 1.82) is 0 Å². The van der Waals surface area contributed by atoms with E-state index in [1.807, 2.05) is 0 Å². The third kappa shape index (κ3) is 8.44. The monoisotopic (exact) mass is 443 g/mol. The van der Waals surface area contributed by atoms with E-state index in [1.54, 1.807) is 55.4 Å². The predicted molar refractivity (Wildman–Crippen MR) is 112 cm³/mol. The molecule has 0 bridgehead atoms. The number of carbonyl (C=O) groups is 3. The molecule has 1 aromatic heterocycles. The van der Waals surface area contributed by atoms with Crippen LogP contribution in [0.1, 0.15) is 55.4 Å². The van der Waals surface area contributed by atoms with Crippen LogP contribution in [0.15, 0.2) is 18.3 Å². The molecule has 0 N–H and O–H groups in total. The van der Waals surface area contributed by atoms with Crippen molar-refractivity contribution in [3.8, 4) is 0 Å². The number of hydrogen-bond donors (Lipinski definition) is 0. The summed E-state index contributed by atoms with van der Waals surface area (Å²) in [6.07, 6.45) is -0.436. The number of carbonyl (C=O) groups excluding carboxylic acids is 3. The Balaban J connectivity index is 3.17. The molecule has 2 amide bonds. The Kier molecular flexibility index (Phi) is 8.47. The Hall–Kier alpha value is -2.55. The van der Waals surface area contributed by atoms with E-state index in [0.717, 1.165) is 10.0 Å². The van der Waals surface area contributed by atoms with Crippen molar-refractivity contribution in [3.05, 3.63) is 23.5 Å². The second-order valence-electron chi connectivity index (χ2n) is 8.71. The topological polar surface area (TPSA) is 98.3 Å². The van der Waals surface area contributed by atoms with Gasteiger partial charge in [-0.05, 0) is 67.5 Å². The number of esters is 1. The van der Waals surface area contributed by atoms with E-state index in [0.29, 0.717) is 0 Å². The summed E-state index contributed by atoms with van der Waals surface area (Å²) >= 11 is 5.84. The maximum atomic E-state index is 12.9. The minimum Gasteiger partial charge on any atom is -0.457 e. The Bertz CT molecular complexity index is 753. The molecule has 0 atom stereocenters. The number of hydrazine groups is 1. The first kappa shape index (κ1) is 25.5. The molecule has 0 aliphatic carbocycles. The zero-order valence-electron chi connectivity index (χ0n) is 18.7. The van der Waals surface area contributed by atoms with Gasteiger partial charge in [0.1, 0.15) is 16.4 Å². The zero-order chi connectivity index (χ0) is 23.3. The first-order chi connectivity index (χ1) is 13.6. The molecule has 0 aliphatic rings. The summed E-state index contributed by atoms with van der Waals surface area (Å²) in [5.74, 6) is -0.712. The van der Waals surface area contributed by atoms with Crippen molar-refractivity contribution in [2.45, 2.75) is 72.6 Å². The number of anilines is 1. The number of nitrogens with zero attached hydrogens (tertiary/aromatic N) is 3. The molecule has 1 aromatic rings. The molecule has 0 aromatic carbocycles. The predicted octanol–water partition coefficient (Wildman–Crippen LogP) is 4.58. The van der Waals surface area contributed by atoms with Crippen LogP contribution < -0.4 is 5.01 Å². The van der Waals surface area contributed by atoms with Crippen LogP contribution in [0, 0.1) is 0 Å². The SMILES string of the molecule is CC(C)N(C(=O)OCC(=O)OC(C)(C)C)N(C(=O)OC(C)(C)C)c1ccc(Cl)nc1. The molecule has 0 saturated heterocycles. The number of ether oxygens (including phenoxy) is 3. The molecular weight excluding hydrogens is 414 g/mol. The lowest BCUT2D eigenvalue weighted by atomic mass is 10.2. The molecular formula is C20H30ClN3O6. The first-order valence-corrected chi connectivity index (χ1v) is 9.81. The lowest BCUT2D eigenvalue weighted by Crippen LogP contribution is -2.55. The smallest absolute Gasteiger partial charge is 0.434 e. The highest BCUT2D eigenvalue weighted by Gasteiger charge is 2.35. The lowest BCUT2D eigenvalue weighted by molar-refractivity contribution is -0.158. The van der Waals surface area contributed by atoms with Crippen LogP contribution in [0.3, 0.4) is 0 Å². The molecule has 168 valence electrons. The van der Waals surface area contributed by atoms with Gasteiger partial charge in [0.05, 0.1) is 17.9 Å². The molecule has 10 heteroatoms. The van der Waals surface area contributed by atoms with Gasteiger partial charge in [0.25, 0.3) is 0 Å². The van der Waals surface area contributed by atoms with Crippen LogP contribution in [0.5, 0.6) is 0 Å². The second kappa shape index (κ2) is 9.97. The summed E-state index contributed by atoms with van der Waals surface area (Å²) in [5.41, 5.74) is -1.31. The van der Waals surface area contributed by atoms with E-state index in [1.165, 1.54) is 18.3 Å². The van der Waals surface area contributed by atoms with E-state index >= 15 is 0 Å². The molecule has 1 rings (SSSR count). The minimum atomic E-state index is -0.934. The molecule has 0 saturated carbocycles. The van der Waals surface area contributed by atoms with Gasteiger partial charge >= 0.3 is 18.2 Å². The van der Waals surface area contributed by atoms with E-state index in [4.69, 9.17) is 25.8 Å². The van der Waals surface area contributed by atoms with Crippen LogP contribution in [-0.2, 0) is 19.0 Å². The minimum absolute atomic E-state index is 0.214. The molecule has 1 heterocycles. The standard InChI is InChI=1S/C20H30ClN3O6/c1-13(2)23(17(26)28-12-16(25)29-19(3,4)5)24(18(27)30-20(6,7)8)14-9-10-15(21)22-11-14/h9-11,13H,12H2,1-8H3. The fourth-order valence-corrected chi connectivity index (χ4v) is 2.31. The molecule has 0 radical (unpaired) electrons. The largest absolute Gasteiger partial charge is 0.457 e. The Labute approximate surface area is 182 Å². The van der Waals surface area contributed by atoms with Gasteiger partial charge < -0.3 is 14.2 Å². The number of pyridine rings is 1. The third-order valence-electron chi connectivity index (χ3n) is 3.15. The van der Waals surface area contributed by atoms with Gasteiger partial charge in [-0.3, -0.25) is 0 Å². The van der Waals surface area contributed by atoms with Gasteiger partial charge in [0.15, 0.2) is 6.61 Å². The van der Waals surface area contributed by atoms with Gasteiger partial charge in [-0.2, -0.15) is 5.01 Å². The highest BCUT2D eigenvalue weighted by atomic mass is 35.5. The molecule has 0 aliphatic heterocycles. The van der Waals surface area contributed by atoms with E-state index in [2.05, 4.69) is 4.98 Å². The maximum absolute atomic E-state index is 12.9. The average Bonchev–Trinajstić information content (AvgIpc) is 2.55. The maximum Gasteiger partial charge on any atom is 0.434 e.